The van der Waals surface area contributed by atoms with Crippen molar-refractivity contribution in [2.45, 2.75) is 6.18 Å². The van der Waals surface area contributed by atoms with Gasteiger partial charge < -0.3 is 5.11 Å². The standard InChI is InChI=1S/C12H8F3N3O2/c13-12(14,15)10-5-9(18-7-16-6-17-18)3-1-8(10)2-4-11(19)20/h1-7H,(H,19,20)/b4-2+. The summed E-state index contributed by atoms with van der Waals surface area (Å²) in [6.07, 6.45) is -0.585. The van der Waals surface area contributed by atoms with Gasteiger partial charge in [0.2, 0.25) is 0 Å². The predicted molar refractivity (Wildman–Crippen MR) is 63.0 cm³/mol. The number of rotatable bonds is 3. The number of halogens is 3. The SMILES string of the molecule is O=C(O)/C=C/c1ccc(-n2cncn2)cc1C(F)(F)F. The molecule has 1 aromatic heterocycles. The van der Waals surface area contributed by atoms with Gasteiger partial charge in [0.1, 0.15) is 12.7 Å². The molecule has 0 saturated carbocycles. The first-order valence-corrected chi connectivity index (χ1v) is 5.35. The molecule has 0 spiro atoms. The largest absolute Gasteiger partial charge is 0.478 e. The van der Waals surface area contributed by atoms with E-state index in [0.717, 1.165) is 12.1 Å². The molecule has 2 rings (SSSR count). The minimum atomic E-state index is -4.60. The molecule has 8 heteroatoms. The van der Waals surface area contributed by atoms with Crippen molar-refractivity contribution in [1.82, 2.24) is 14.8 Å². The van der Waals surface area contributed by atoms with Crippen molar-refractivity contribution < 1.29 is 23.1 Å². The van der Waals surface area contributed by atoms with E-state index in [1.54, 1.807) is 0 Å². The molecule has 104 valence electrons. The van der Waals surface area contributed by atoms with Gasteiger partial charge in [-0.2, -0.15) is 18.3 Å². The second-order valence-corrected chi connectivity index (χ2v) is 3.78. The van der Waals surface area contributed by atoms with Crippen molar-refractivity contribution in [1.29, 1.82) is 0 Å². The summed E-state index contributed by atoms with van der Waals surface area (Å²) in [4.78, 5) is 14.0. The highest BCUT2D eigenvalue weighted by Gasteiger charge is 2.33. The van der Waals surface area contributed by atoms with Gasteiger partial charge in [-0.3, -0.25) is 0 Å². The zero-order valence-electron chi connectivity index (χ0n) is 9.87. The molecule has 5 nitrogen and oxygen atoms in total. The van der Waals surface area contributed by atoms with Gasteiger partial charge in [0.25, 0.3) is 0 Å². The molecule has 1 N–H and O–H groups in total. The second-order valence-electron chi connectivity index (χ2n) is 3.78. The number of hydrogen-bond donors (Lipinski definition) is 1. The van der Waals surface area contributed by atoms with Gasteiger partial charge in [-0.15, -0.1) is 0 Å². The second kappa shape index (κ2) is 5.16. The zero-order valence-corrected chi connectivity index (χ0v) is 9.87. The summed E-state index contributed by atoms with van der Waals surface area (Å²) >= 11 is 0. The Bertz CT molecular complexity index is 648. The number of hydrogen-bond acceptors (Lipinski definition) is 3. The maximum Gasteiger partial charge on any atom is 0.417 e. The summed E-state index contributed by atoms with van der Waals surface area (Å²) in [5.41, 5.74) is -0.992. The lowest BCUT2D eigenvalue weighted by atomic mass is 10.1. The zero-order chi connectivity index (χ0) is 14.8. The van der Waals surface area contributed by atoms with Crippen molar-refractivity contribution in [2.75, 3.05) is 0 Å². The molecule has 0 aliphatic rings. The summed E-state index contributed by atoms with van der Waals surface area (Å²) in [6.45, 7) is 0. The fourth-order valence-electron chi connectivity index (χ4n) is 1.58. The third kappa shape index (κ3) is 3.02. The lowest BCUT2D eigenvalue weighted by Crippen LogP contribution is -2.09. The van der Waals surface area contributed by atoms with Crippen LogP contribution in [0.15, 0.2) is 36.9 Å². The van der Waals surface area contributed by atoms with E-state index in [1.807, 2.05) is 0 Å². The van der Waals surface area contributed by atoms with Crippen molar-refractivity contribution in [3.8, 4) is 5.69 Å². The van der Waals surface area contributed by atoms with Crippen molar-refractivity contribution in [3.05, 3.63) is 48.1 Å². The molecule has 0 aliphatic heterocycles. The van der Waals surface area contributed by atoms with E-state index in [4.69, 9.17) is 5.11 Å². The van der Waals surface area contributed by atoms with Gasteiger partial charge in [-0.1, -0.05) is 6.07 Å². The molecule has 1 aromatic carbocycles. The molecule has 2 aromatic rings. The molecule has 1 heterocycles. The monoisotopic (exact) mass is 283 g/mol. The molecule has 0 atom stereocenters. The van der Waals surface area contributed by atoms with Crippen LogP contribution >= 0.6 is 0 Å². The van der Waals surface area contributed by atoms with Gasteiger partial charge in [0.05, 0.1) is 11.3 Å². The van der Waals surface area contributed by atoms with Crippen LogP contribution in [-0.4, -0.2) is 25.8 Å². The van der Waals surface area contributed by atoms with Crippen molar-refractivity contribution in [2.24, 2.45) is 0 Å². The third-order valence-electron chi connectivity index (χ3n) is 2.43. The van der Waals surface area contributed by atoms with Gasteiger partial charge in [0.15, 0.2) is 0 Å². The van der Waals surface area contributed by atoms with Crippen LogP contribution in [0.2, 0.25) is 0 Å². The summed E-state index contributed by atoms with van der Waals surface area (Å²) in [7, 11) is 0. The van der Waals surface area contributed by atoms with Crippen LogP contribution in [0.25, 0.3) is 11.8 Å². The molecule has 0 bridgehead atoms. The van der Waals surface area contributed by atoms with Gasteiger partial charge >= 0.3 is 12.1 Å². The fourth-order valence-corrected chi connectivity index (χ4v) is 1.58. The maximum atomic E-state index is 13.0. The van der Waals surface area contributed by atoms with Crippen molar-refractivity contribution in [3.63, 3.8) is 0 Å². The molecule has 0 unspecified atom stereocenters. The van der Waals surface area contributed by atoms with E-state index in [-0.39, 0.29) is 11.3 Å². The van der Waals surface area contributed by atoms with Crippen LogP contribution in [0.4, 0.5) is 13.2 Å². The van der Waals surface area contributed by atoms with Gasteiger partial charge in [-0.05, 0) is 23.8 Å². The highest BCUT2D eigenvalue weighted by molar-refractivity contribution is 5.85. The van der Waals surface area contributed by atoms with Crippen molar-refractivity contribution >= 4 is 12.0 Å². The first kappa shape index (κ1) is 13.8. The predicted octanol–water partition coefficient (Wildman–Crippen LogP) is 2.38. The number of aliphatic carboxylic acids is 1. The number of benzene rings is 1. The Morgan fingerprint density at radius 3 is 2.65 bits per heavy atom. The lowest BCUT2D eigenvalue weighted by Gasteiger charge is -2.12. The maximum absolute atomic E-state index is 13.0. The minimum Gasteiger partial charge on any atom is -0.478 e. The van der Waals surface area contributed by atoms with Crippen LogP contribution in [0.3, 0.4) is 0 Å². The van der Waals surface area contributed by atoms with E-state index >= 15 is 0 Å². The van der Waals surface area contributed by atoms with Crippen LogP contribution in [-0.2, 0) is 11.0 Å². The molecule has 0 fully saturated rings. The number of nitrogens with zero attached hydrogens (tertiary/aromatic N) is 3. The molecule has 0 radical (unpaired) electrons. The summed E-state index contributed by atoms with van der Waals surface area (Å²) in [5, 5.41) is 12.2. The van der Waals surface area contributed by atoms with Crippen LogP contribution < -0.4 is 0 Å². The number of carboxylic acid groups (broad SMARTS) is 1. The molecule has 0 saturated heterocycles. The van der Waals surface area contributed by atoms with Gasteiger partial charge in [0, 0.05) is 6.08 Å². The Balaban J connectivity index is 2.51. The van der Waals surface area contributed by atoms with Crippen LogP contribution in [0.1, 0.15) is 11.1 Å². The quantitative estimate of drug-likeness (QED) is 0.878. The first-order chi connectivity index (χ1) is 9.38. The first-order valence-electron chi connectivity index (χ1n) is 5.35. The molecular weight excluding hydrogens is 275 g/mol. The molecular formula is C12H8F3N3O2. The van der Waals surface area contributed by atoms with E-state index in [2.05, 4.69) is 10.1 Å². The van der Waals surface area contributed by atoms with E-state index in [9.17, 15) is 18.0 Å². The normalized spacial score (nSPS) is 11.9. The Morgan fingerprint density at radius 2 is 2.10 bits per heavy atom. The third-order valence-corrected chi connectivity index (χ3v) is 2.43. The summed E-state index contributed by atoms with van der Waals surface area (Å²) in [6, 6.07) is 3.46. The number of alkyl halides is 3. The number of aromatic nitrogens is 3. The van der Waals surface area contributed by atoms with Crippen LogP contribution in [0, 0.1) is 0 Å². The number of carboxylic acids is 1. The Hall–Kier alpha value is -2.64. The molecule has 20 heavy (non-hydrogen) atoms. The summed E-state index contributed by atoms with van der Waals surface area (Å²) < 4.78 is 40.1. The highest BCUT2D eigenvalue weighted by atomic mass is 19.4. The van der Waals surface area contributed by atoms with Gasteiger partial charge in [-0.25, -0.2) is 14.5 Å². The number of carbonyl (C=O) groups is 1. The molecule has 0 amide bonds. The Morgan fingerprint density at radius 1 is 1.35 bits per heavy atom. The summed E-state index contributed by atoms with van der Waals surface area (Å²) in [5.74, 6) is -1.32. The topological polar surface area (TPSA) is 68.0 Å². The average Bonchev–Trinajstić information content (AvgIpc) is 2.88. The smallest absolute Gasteiger partial charge is 0.417 e. The van der Waals surface area contributed by atoms with E-state index < -0.39 is 17.7 Å². The average molecular weight is 283 g/mol. The minimum absolute atomic E-state index is 0.183. The Labute approximate surface area is 111 Å². The van der Waals surface area contributed by atoms with E-state index in [0.29, 0.717) is 6.08 Å². The van der Waals surface area contributed by atoms with Crippen LogP contribution in [0.5, 0.6) is 0 Å². The highest BCUT2D eigenvalue weighted by Crippen LogP contribution is 2.33. The lowest BCUT2D eigenvalue weighted by molar-refractivity contribution is -0.138. The molecule has 0 aliphatic carbocycles. The van der Waals surface area contributed by atoms with E-state index in [1.165, 1.54) is 29.5 Å². The Kier molecular flexibility index (Phi) is 3.55. The fraction of sp³-hybridized carbons (Fsp3) is 0.0833.